The molecule has 0 spiro atoms. The van der Waals surface area contributed by atoms with Crippen LogP contribution >= 0.6 is 0 Å². The minimum atomic E-state index is -0.644. The molecule has 1 aromatic rings. The number of nitrogens with two attached hydrogens (primary N) is 1. The van der Waals surface area contributed by atoms with Crippen molar-refractivity contribution in [1.29, 1.82) is 0 Å². The number of primary amides is 1. The van der Waals surface area contributed by atoms with Gasteiger partial charge in [0.2, 0.25) is 11.8 Å². The first-order valence-electron chi connectivity index (χ1n) is 6.52. The van der Waals surface area contributed by atoms with Crippen molar-refractivity contribution < 1.29 is 9.59 Å². The number of hydrogen-bond donors (Lipinski definition) is 2. The van der Waals surface area contributed by atoms with E-state index in [2.05, 4.69) is 5.32 Å². The molecule has 104 valence electrons. The van der Waals surface area contributed by atoms with Crippen molar-refractivity contribution in [3.05, 3.63) is 35.4 Å². The van der Waals surface area contributed by atoms with Crippen LogP contribution in [0.4, 0.5) is 0 Å². The van der Waals surface area contributed by atoms with E-state index in [1.807, 2.05) is 45.0 Å². The molecule has 0 bridgehead atoms. The van der Waals surface area contributed by atoms with Crippen molar-refractivity contribution in [3.8, 4) is 0 Å². The summed E-state index contributed by atoms with van der Waals surface area (Å²) in [4.78, 5) is 23.1. The highest BCUT2D eigenvalue weighted by atomic mass is 16.2. The Morgan fingerprint density at radius 1 is 1.21 bits per heavy atom. The lowest BCUT2D eigenvalue weighted by Crippen LogP contribution is -2.46. The van der Waals surface area contributed by atoms with E-state index < -0.39 is 11.9 Å². The van der Waals surface area contributed by atoms with Crippen molar-refractivity contribution in [1.82, 2.24) is 5.32 Å². The first-order valence-corrected chi connectivity index (χ1v) is 6.52. The number of aryl methyl sites for hydroxylation is 1. The number of carbonyl (C=O) groups is 2. The number of carbonyl (C=O) groups excluding carboxylic acids is 2. The summed E-state index contributed by atoms with van der Waals surface area (Å²) in [6.07, 6.45) is 0.830. The highest BCUT2D eigenvalue weighted by molar-refractivity contribution is 5.86. The van der Waals surface area contributed by atoms with Gasteiger partial charge in [-0.15, -0.1) is 0 Å². The Bertz CT molecular complexity index is 438. The van der Waals surface area contributed by atoms with Gasteiger partial charge in [0, 0.05) is 12.8 Å². The molecule has 0 aliphatic carbocycles. The van der Waals surface area contributed by atoms with Crippen LogP contribution in [0.3, 0.4) is 0 Å². The standard InChI is InChI=1S/C15H22N2O2/c1-10(2)8-14(18)17-13(15(16)19)9-12-6-4-11(3)5-7-12/h4-7,10,13H,8-9H2,1-3H3,(H2,16,19)(H,17,18)/t13-/m1/s1. The molecule has 1 rings (SSSR count). The molecular formula is C15H22N2O2. The lowest BCUT2D eigenvalue weighted by molar-refractivity contribution is -0.127. The molecule has 0 radical (unpaired) electrons. The van der Waals surface area contributed by atoms with Crippen molar-refractivity contribution in [2.75, 3.05) is 0 Å². The fourth-order valence-corrected chi connectivity index (χ4v) is 1.81. The summed E-state index contributed by atoms with van der Waals surface area (Å²) in [7, 11) is 0. The first kappa shape index (κ1) is 15.2. The largest absolute Gasteiger partial charge is 0.368 e. The summed E-state index contributed by atoms with van der Waals surface area (Å²) < 4.78 is 0. The zero-order valence-corrected chi connectivity index (χ0v) is 11.8. The zero-order chi connectivity index (χ0) is 14.4. The Labute approximate surface area is 114 Å². The Morgan fingerprint density at radius 3 is 2.26 bits per heavy atom. The van der Waals surface area contributed by atoms with Crippen molar-refractivity contribution in [3.63, 3.8) is 0 Å². The van der Waals surface area contributed by atoms with Crippen LogP contribution in [-0.4, -0.2) is 17.9 Å². The molecule has 0 saturated heterocycles. The maximum atomic E-state index is 11.7. The molecular weight excluding hydrogens is 240 g/mol. The van der Waals surface area contributed by atoms with Gasteiger partial charge in [0.25, 0.3) is 0 Å². The molecule has 19 heavy (non-hydrogen) atoms. The van der Waals surface area contributed by atoms with Crippen molar-refractivity contribution in [2.45, 2.75) is 39.7 Å². The molecule has 4 nitrogen and oxygen atoms in total. The lowest BCUT2D eigenvalue weighted by atomic mass is 10.0. The number of nitrogens with one attached hydrogen (secondary N) is 1. The van der Waals surface area contributed by atoms with Crippen LogP contribution in [0, 0.1) is 12.8 Å². The minimum Gasteiger partial charge on any atom is -0.368 e. The van der Waals surface area contributed by atoms with Crippen LogP contribution in [0.2, 0.25) is 0 Å². The van der Waals surface area contributed by atoms with Crippen LogP contribution in [0.5, 0.6) is 0 Å². The van der Waals surface area contributed by atoms with Gasteiger partial charge >= 0.3 is 0 Å². The molecule has 0 unspecified atom stereocenters. The molecule has 4 heteroatoms. The maximum absolute atomic E-state index is 11.7. The molecule has 0 aliphatic heterocycles. The Morgan fingerprint density at radius 2 is 1.79 bits per heavy atom. The number of benzene rings is 1. The van der Waals surface area contributed by atoms with Gasteiger partial charge in [0.1, 0.15) is 6.04 Å². The third-order valence-electron chi connectivity index (χ3n) is 2.83. The number of rotatable bonds is 6. The highest BCUT2D eigenvalue weighted by Crippen LogP contribution is 2.07. The van der Waals surface area contributed by atoms with Gasteiger partial charge < -0.3 is 11.1 Å². The molecule has 1 atom stereocenters. The second-order valence-electron chi connectivity index (χ2n) is 5.31. The molecule has 3 N–H and O–H groups in total. The van der Waals surface area contributed by atoms with Gasteiger partial charge in [0.05, 0.1) is 0 Å². The monoisotopic (exact) mass is 262 g/mol. The topological polar surface area (TPSA) is 72.2 Å². The van der Waals surface area contributed by atoms with Crippen molar-refractivity contribution in [2.24, 2.45) is 11.7 Å². The van der Waals surface area contributed by atoms with E-state index >= 15 is 0 Å². The van der Waals surface area contributed by atoms with E-state index in [0.29, 0.717) is 12.8 Å². The summed E-state index contributed by atoms with van der Waals surface area (Å²) in [6.45, 7) is 5.91. The van der Waals surface area contributed by atoms with Crippen molar-refractivity contribution >= 4 is 11.8 Å². The average Bonchev–Trinajstić information content (AvgIpc) is 2.29. The minimum absolute atomic E-state index is 0.133. The van der Waals surface area contributed by atoms with Gasteiger partial charge in [-0.2, -0.15) is 0 Å². The quantitative estimate of drug-likeness (QED) is 0.816. The van der Waals surface area contributed by atoms with Gasteiger partial charge in [-0.05, 0) is 18.4 Å². The predicted molar refractivity (Wildman–Crippen MR) is 75.5 cm³/mol. The molecule has 2 amide bonds. The Kier molecular flexibility index (Phi) is 5.55. The third kappa shape index (κ3) is 5.55. The second kappa shape index (κ2) is 6.92. The molecule has 0 saturated carbocycles. The fourth-order valence-electron chi connectivity index (χ4n) is 1.81. The lowest BCUT2D eigenvalue weighted by Gasteiger charge is -2.16. The Balaban J connectivity index is 2.65. The predicted octanol–water partition coefficient (Wildman–Crippen LogP) is 1.55. The van der Waals surface area contributed by atoms with Gasteiger partial charge in [-0.3, -0.25) is 9.59 Å². The number of hydrogen-bond acceptors (Lipinski definition) is 2. The molecule has 0 fully saturated rings. The van der Waals surface area contributed by atoms with Crippen LogP contribution in [-0.2, 0) is 16.0 Å². The van der Waals surface area contributed by atoms with Crippen LogP contribution < -0.4 is 11.1 Å². The molecule has 0 heterocycles. The average molecular weight is 262 g/mol. The van der Waals surface area contributed by atoms with E-state index in [4.69, 9.17) is 5.73 Å². The summed E-state index contributed by atoms with van der Waals surface area (Å²) in [5.74, 6) is -0.378. The second-order valence-corrected chi connectivity index (χ2v) is 5.31. The summed E-state index contributed by atoms with van der Waals surface area (Å²) in [6, 6.07) is 7.20. The summed E-state index contributed by atoms with van der Waals surface area (Å²) in [5.41, 5.74) is 7.48. The van der Waals surface area contributed by atoms with E-state index in [9.17, 15) is 9.59 Å². The smallest absolute Gasteiger partial charge is 0.240 e. The zero-order valence-electron chi connectivity index (χ0n) is 11.8. The third-order valence-corrected chi connectivity index (χ3v) is 2.83. The molecule has 1 aromatic carbocycles. The summed E-state index contributed by atoms with van der Waals surface area (Å²) in [5, 5.41) is 2.70. The van der Waals surface area contributed by atoms with Crippen LogP contribution in [0.1, 0.15) is 31.4 Å². The molecule has 0 aromatic heterocycles. The summed E-state index contributed by atoms with van der Waals surface area (Å²) >= 11 is 0. The van der Waals surface area contributed by atoms with Crippen LogP contribution in [0.25, 0.3) is 0 Å². The van der Waals surface area contributed by atoms with Gasteiger partial charge in [-0.1, -0.05) is 43.7 Å². The normalized spacial score (nSPS) is 12.2. The Hall–Kier alpha value is -1.84. The van der Waals surface area contributed by atoms with E-state index in [1.165, 1.54) is 0 Å². The SMILES string of the molecule is Cc1ccc(C[C@@H](NC(=O)CC(C)C)C(N)=O)cc1. The van der Waals surface area contributed by atoms with Crippen LogP contribution in [0.15, 0.2) is 24.3 Å². The van der Waals surface area contributed by atoms with Gasteiger partial charge in [-0.25, -0.2) is 0 Å². The van der Waals surface area contributed by atoms with Gasteiger partial charge in [0.15, 0.2) is 0 Å². The van der Waals surface area contributed by atoms with E-state index in [0.717, 1.165) is 11.1 Å². The first-order chi connectivity index (χ1) is 8.88. The van der Waals surface area contributed by atoms with E-state index in [-0.39, 0.29) is 11.8 Å². The maximum Gasteiger partial charge on any atom is 0.240 e. The number of amides is 2. The molecule has 0 aliphatic rings. The fraction of sp³-hybridized carbons (Fsp3) is 0.467. The highest BCUT2D eigenvalue weighted by Gasteiger charge is 2.18. The van der Waals surface area contributed by atoms with E-state index in [1.54, 1.807) is 0 Å².